The summed E-state index contributed by atoms with van der Waals surface area (Å²) < 4.78 is 17.7. The Labute approximate surface area is 145 Å². The molecule has 2 aromatic carbocycles. The second-order valence-electron chi connectivity index (χ2n) is 5.43. The maximum atomic E-state index is 12.9. The molecule has 132 valence electrons. The number of rotatable bonds is 6. The molecule has 2 rings (SSSR count). The number of urea groups is 1. The Morgan fingerprint density at radius 1 is 1.08 bits per heavy atom. The summed E-state index contributed by atoms with van der Waals surface area (Å²) in [5, 5.41) is 8.11. The Morgan fingerprint density at radius 2 is 1.72 bits per heavy atom. The molecule has 1 atom stereocenters. The number of carbonyl (C=O) groups is 2. The van der Waals surface area contributed by atoms with E-state index in [2.05, 4.69) is 16.0 Å². The molecule has 0 unspecified atom stereocenters. The minimum Gasteiger partial charge on any atom is -0.375 e. The van der Waals surface area contributed by atoms with Crippen LogP contribution in [-0.4, -0.2) is 25.7 Å². The van der Waals surface area contributed by atoms with Crippen LogP contribution in [0.1, 0.15) is 18.5 Å². The molecule has 3 amide bonds. The topological polar surface area (TPSA) is 79.5 Å². The Kier molecular flexibility index (Phi) is 6.47. The van der Waals surface area contributed by atoms with Crippen molar-refractivity contribution < 1.29 is 18.7 Å². The van der Waals surface area contributed by atoms with Gasteiger partial charge in [0, 0.05) is 18.5 Å². The van der Waals surface area contributed by atoms with Crippen LogP contribution in [0.3, 0.4) is 0 Å². The summed E-state index contributed by atoms with van der Waals surface area (Å²) in [6, 6.07) is 12.0. The molecule has 7 heteroatoms. The van der Waals surface area contributed by atoms with Crippen LogP contribution in [0.25, 0.3) is 0 Å². The number of carbonyl (C=O) groups excluding carboxylic acids is 2. The van der Waals surface area contributed by atoms with Gasteiger partial charge in [-0.25, -0.2) is 9.18 Å². The van der Waals surface area contributed by atoms with E-state index < -0.39 is 6.03 Å². The van der Waals surface area contributed by atoms with E-state index in [0.717, 1.165) is 5.56 Å². The molecule has 6 nitrogen and oxygen atoms in total. The largest absolute Gasteiger partial charge is 0.375 e. The zero-order valence-electron chi connectivity index (χ0n) is 14.0. The second-order valence-corrected chi connectivity index (χ2v) is 5.43. The number of halogens is 1. The van der Waals surface area contributed by atoms with Gasteiger partial charge in [0.2, 0.25) is 5.91 Å². The average molecular weight is 345 g/mol. The second kappa shape index (κ2) is 8.79. The molecule has 0 aromatic heterocycles. The van der Waals surface area contributed by atoms with Gasteiger partial charge in [-0.2, -0.15) is 0 Å². The van der Waals surface area contributed by atoms with Gasteiger partial charge in [-0.1, -0.05) is 18.2 Å². The molecule has 0 aliphatic rings. The third kappa shape index (κ3) is 5.89. The first kappa shape index (κ1) is 18.4. The predicted octanol–water partition coefficient (Wildman–Crippen LogP) is 3.29. The fraction of sp³-hybridized carbons (Fsp3) is 0.222. The first-order valence-electron chi connectivity index (χ1n) is 7.70. The van der Waals surface area contributed by atoms with Gasteiger partial charge < -0.3 is 20.7 Å². The molecule has 0 radical (unpaired) electrons. The quantitative estimate of drug-likeness (QED) is 0.752. The number of hydrogen-bond acceptors (Lipinski definition) is 3. The SMILES string of the molecule is COCC(=O)Nc1cccc(NC(=O)N[C@@H](C)c2ccc(F)cc2)c1. The van der Waals surface area contributed by atoms with Crippen molar-refractivity contribution in [2.24, 2.45) is 0 Å². The summed E-state index contributed by atoms with van der Waals surface area (Å²) in [7, 11) is 1.43. The van der Waals surface area contributed by atoms with Crippen molar-refractivity contribution in [1.29, 1.82) is 0 Å². The highest BCUT2D eigenvalue weighted by Crippen LogP contribution is 2.16. The van der Waals surface area contributed by atoms with Gasteiger partial charge in [0.15, 0.2) is 0 Å². The van der Waals surface area contributed by atoms with Crippen molar-refractivity contribution in [3.8, 4) is 0 Å². The summed E-state index contributed by atoms with van der Waals surface area (Å²) >= 11 is 0. The van der Waals surface area contributed by atoms with Crippen LogP contribution in [0.15, 0.2) is 48.5 Å². The zero-order chi connectivity index (χ0) is 18.2. The molecule has 0 saturated carbocycles. The smallest absolute Gasteiger partial charge is 0.319 e. The summed E-state index contributed by atoms with van der Waals surface area (Å²) in [6.07, 6.45) is 0. The molecule has 0 spiro atoms. The number of hydrogen-bond donors (Lipinski definition) is 3. The van der Waals surface area contributed by atoms with Crippen LogP contribution in [0, 0.1) is 5.82 Å². The van der Waals surface area contributed by atoms with Crippen LogP contribution < -0.4 is 16.0 Å². The van der Waals surface area contributed by atoms with E-state index in [4.69, 9.17) is 4.74 Å². The lowest BCUT2D eigenvalue weighted by molar-refractivity contribution is -0.119. The molecule has 0 fully saturated rings. The molecule has 2 aromatic rings. The highest BCUT2D eigenvalue weighted by atomic mass is 19.1. The Bertz CT molecular complexity index is 735. The number of nitrogens with one attached hydrogen (secondary N) is 3. The monoisotopic (exact) mass is 345 g/mol. The number of amides is 3. The van der Waals surface area contributed by atoms with E-state index in [1.165, 1.54) is 19.2 Å². The molecule has 0 aliphatic carbocycles. The fourth-order valence-electron chi connectivity index (χ4n) is 2.20. The van der Waals surface area contributed by atoms with Gasteiger partial charge in [-0.3, -0.25) is 4.79 Å². The van der Waals surface area contributed by atoms with Crippen molar-refractivity contribution in [1.82, 2.24) is 5.32 Å². The van der Waals surface area contributed by atoms with Crippen LogP contribution in [0.2, 0.25) is 0 Å². The number of anilines is 2. The molecule has 3 N–H and O–H groups in total. The Hall–Kier alpha value is -2.93. The summed E-state index contributed by atoms with van der Waals surface area (Å²) in [5.74, 6) is -0.609. The van der Waals surface area contributed by atoms with E-state index in [-0.39, 0.29) is 24.4 Å². The third-order valence-corrected chi connectivity index (χ3v) is 3.40. The zero-order valence-corrected chi connectivity index (χ0v) is 14.0. The van der Waals surface area contributed by atoms with E-state index in [1.807, 2.05) is 0 Å². The lowest BCUT2D eigenvalue weighted by atomic mass is 10.1. The molecule has 0 saturated heterocycles. The maximum absolute atomic E-state index is 12.9. The normalized spacial score (nSPS) is 11.5. The highest BCUT2D eigenvalue weighted by Gasteiger charge is 2.10. The lowest BCUT2D eigenvalue weighted by Crippen LogP contribution is -2.31. The van der Waals surface area contributed by atoms with Crippen molar-refractivity contribution in [3.05, 3.63) is 59.9 Å². The van der Waals surface area contributed by atoms with Crippen LogP contribution in [0.5, 0.6) is 0 Å². The third-order valence-electron chi connectivity index (χ3n) is 3.40. The van der Waals surface area contributed by atoms with Gasteiger partial charge in [0.25, 0.3) is 0 Å². The van der Waals surface area contributed by atoms with Gasteiger partial charge in [-0.05, 0) is 42.8 Å². The van der Waals surface area contributed by atoms with Crippen molar-refractivity contribution >= 4 is 23.3 Å². The summed E-state index contributed by atoms with van der Waals surface area (Å²) in [4.78, 5) is 23.6. The van der Waals surface area contributed by atoms with Gasteiger partial charge in [0.1, 0.15) is 12.4 Å². The molecular formula is C18H20FN3O3. The van der Waals surface area contributed by atoms with E-state index in [1.54, 1.807) is 43.3 Å². The van der Waals surface area contributed by atoms with E-state index in [0.29, 0.717) is 11.4 Å². The van der Waals surface area contributed by atoms with Crippen molar-refractivity contribution in [3.63, 3.8) is 0 Å². The molecule has 0 aliphatic heterocycles. The standard InChI is InChI=1S/C18H20FN3O3/c1-12(13-6-8-14(19)9-7-13)20-18(24)22-16-5-3-4-15(10-16)21-17(23)11-25-2/h3-10,12H,11H2,1-2H3,(H,21,23)(H2,20,22,24)/t12-/m0/s1. The first-order valence-corrected chi connectivity index (χ1v) is 7.70. The van der Waals surface area contributed by atoms with Gasteiger partial charge in [0.05, 0.1) is 6.04 Å². The van der Waals surface area contributed by atoms with Crippen molar-refractivity contribution in [2.75, 3.05) is 24.4 Å². The lowest BCUT2D eigenvalue weighted by Gasteiger charge is -2.15. The van der Waals surface area contributed by atoms with E-state index >= 15 is 0 Å². The number of benzene rings is 2. The number of ether oxygens (including phenoxy) is 1. The Balaban J connectivity index is 1.93. The van der Waals surface area contributed by atoms with Crippen molar-refractivity contribution in [2.45, 2.75) is 13.0 Å². The minimum atomic E-state index is -0.405. The minimum absolute atomic E-state index is 0.0483. The first-order chi connectivity index (χ1) is 12.0. The summed E-state index contributed by atoms with van der Waals surface area (Å²) in [6.45, 7) is 1.75. The van der Waals surface area contributed by atoms with Crippen LogP contribution in [0.4, 0.5) is 20.6 Å². The number of methoxy groups -OCH3 is 1. The summed E-state index contributed by atoms with van der Waals surface area (Å²) in [5.41, 5.74) is 1.86. The maximum Gasteiger partial charge on any atom is 0.319 e. The molecule has 0 heterocycles. The van der Waals surface area contributed by atoms with E-state index in [9.17, 15) is 14.0 Å². The van der Waals surface area contributed by atoms with Crippen LogP contribution >= 0.6 is 0 Å². The average Bonchev–Trinajstić information content (AvgIpc) is 2.55. The Morgan fingerprint density at radius 3 is 2.36 bits per heavy atom. The molecule has 25 heavy (non-hydrogen) atoms. The van der Waals surface area contributed by atoms with Gasteiger partial charge in [-0.15, -0.1) is 0 Å². The highest BCUT2D eigenvalue weighted by molar-refractivity contribution is 5.94. The predicted molar refractivity (Wildman–Crippen MR) is 93.9 cm³/mol. The fourth-order valence-corrected chi connectivity index (χ4v) is 2.20. The molecular weight excluding hydrogens is 325 g/mol. The molecule has 0 bridgehead atoms. The van der Waals surface area contributed by atoms with Gasteiger partial charge >= 0.3 is 6.03 Å². The van der Waals surface area contributed by atoms with Crippen LogP contribution in [-0.2, 0) is 9.53 Å².